The molecule has 0 aromatic heterocycles. The Morgan fingerprint density at radius 2 is 1.77 bits per heavy atom. The molecule has 4 aliphatic rings. The molecule has 10 atom stereocenters. The summed E-state index contributed by atoms with van der Waals surface area (Å²) >= 11 is 0. The molecule has 4 saturated carbocycles. The van der Waals surface area contributed by atoms with E-state index in [9.17, 15) is 14.7 Å². The van der Waals surface area contributed by atoms with Crippen molar-refractivity contribution >= 4 is 11.8 Å². The van der Waals surface area contributed by atoms with E-state index >= 15 is 0 Å². The smallest absolute Gasteiger partial charge is 0.303 e. The van der Waals surface area contributed by atoms with E-state index in [1.165, 1.54) is 32.1 Å². The molecular weight excluding hydrogens is 376 g/mol. The van der Waals surface area contributed by atoms with E-state index in [4.69, 9.17) is 5.11 Å². The zero-order valence-corrected chi connectivity index (χ0v) is 19.4. The van der Waals surface area contributed by atoms with Gasteiger partial charge in [0.25, 0.3) is 0 Å². The quantitative estimate of drug-likeness (QED) is 0.633. The molecule has 4 fully saturated rings. The SMILES string of the molecule is CC(=O)[C@@H]1C[C@H](O)C[C@H]2CC[C@H]3[C@@H]4CC[C@H]([C@H](C)CCC(=O)O)[C@@]4(C)CC[C@@H]3[C@]21C. The number of carboxylic acids is 1. The molecule has 0 amide bonds. The van der Waals surface area contributed by atoms with Crippen molar-refractivity contribution < 1.29 is 19.8 Å². The number of carbonyl (C=O) groups is 2. The Labute approximate surface area is 182 Å². The number of ketones is 1. The van der Waals surface area contributed by atoms with Crippen LogP contribution in [0.15, 0.2) is 0 Å². The summed E-state index contributed by atoms with van der Waals surface area (Å²) in [5.74, 6) is 3.20. The summed E-state index contributed by atoms with van der Waals surface area (Å²) in [7, 11) is 0. The number of aliphatic hydroxyl groups is 1. The molecule has 4 aliphatic carbocycles. The van der Waals surface area contributed by atoms with Crippen molar-refractivity contribution in [1.82, 2.24) is 0 Å². The van der Waals surface area contributed by atoms with Crippen molar-refractivity contribution in [3.05, 3.63) is 0 Å². The number of carboxylic acid groups (broad SMARTS) is 1. The molecule has 4 nitrogen and oxygen atoms in total. The monoisotopic (exact) mass is 418 g/mol. The van der Waals surface area contributed by atoms with Crippen LogP contribution in [0.25, 0.3) is 0 Å². The third-order valence-electron chi connectivity index (χ3n) is 10.8. The number of fused-ring (bicyclic) bond motifs is 5. The zero-order valence-electron chi connectivity index (χ0n) is 19.4. The minimum Gasteiger partial charge on any atom is -0.481 e. The minimum absolute atomic E-state index is 0.00935. The lowest BCUT2D eigenvalue weighted by atomic mass is 9.42. The second kappa shape index (κ2) is 7.90. The zero-order chi connectivity index (χ0) is 21.8. The van der Waals surface area contributed by atoms with Crippen molar-refractivity contribution in [2.75, 3.05) is 0 Å². The van der Waals surface area contributed by atoms with Crippen LogP contribution in [0.5, 0.6) is 0 Å². The molecular formula is C26H42O4. The molecule has 4 rings (SSSR count). The van der Waals surface area contributed by atoms with Gasteiger partial charge in [0.2, 0.25) is 0 Å². The Morgan fingerprint density at radius 3 is 2.43 bits per heavy atom. The minimum atomic E-state index is -0.675. The van der Waals surface area contributed by atoms with Gasteiger partial charge in [0.05, 0.1) is 6.10 Å². The first-order chi connectivity index (χ1) is 14.1. The van der Waals surface area contributed by atoms with Gasteiger partial charge in [0, 0.05) is 12.3 Å². The molecule has 0 radical (unpaired) electrons. The van der Waals surface area contributed by atoms with Crippen LogP contribution < -0.4 is 0 Å². The first-order valence-corrected chi connectivity index (χ1v) is 12.5. The standard InChI is InChI=1S/C26H42O4/c1-15(5-10-24(29)30)20-8-9-21-19-7-6-17-13-18(28)14-23(16(2)27)26(17,4)22(19)11-12-25(20,21)3/h15,17-23,28H,5-14H2,1-4H3,(H,29,30)/t15-,17-,18-,19+,20-,21+,22+,23+,25-,26+/m1/s1. The molecule has 2 N–H and O–H groups in total. The number of hydrogen-bond donors (Lipinski definition) is 2. The maximum Gasteiger partial charge on any atom is 0.303 e. The van der Waals surface area contributed by atoms with Crippen molar-refractivity contribution in [1.29, 1.82) is 0 Å². The molecule has 30 heavy (non-hydrogen) atoms. The lowest BCUT2D eigenvalue weighted by Crippen LogP contribution is -2.58. The molecule has 0 aromatic carbocycles. The van der Waals surface area contributed by atoms with Gasteiger partial charge in [-0.3, -0.25) is 9.59 Å². The number of carbonyl (C=O) groups excluding carboxylic acids is 1. The average Bonchev–Trinajstić information content (AvgIpc) is 3.03. The molecule has 0 unspecified atom stereocenters. The van der Waals surface area contributed by atoms with Gasteiger partial charge in [0.15, 0.2) is 0 Å². The van der Waals surface area contributed by atoms with E-state index in [2.05, 4.69) is 20.8 Å². The third kappa shape index (κ3) is 3.36. The van der Waals surface area contributed by atoms with Crippen molar-refractivity contribution in [2.24, 2.45) is 52.3 Å². The molecule has 4 heteroatoms. The van der Waals surface area contributed by atoms with Gasteiger partial charge >= 0.3 is 5.97 Å². The van der Waals surface area contributed by atoms with Crippen molar-refractivity contribution in [3.8, 4) is 0 Å². The Hall–Kier alpha value is -0.900. The molecule has 0 aromatic rings. The average molecular weight is 419 g/mol. The highest BCUT2D eigenvalue weighted by molar-refractivity contribution is 5.79. The van der Waals surface area contributed by atoms with Crippen molar-refractivity contribution in [2.45, 2.75) is 98.0 Å². The van der Waals surface area contributed by atoms with Crippen LogP contribution in [-0.2, 0) is 9.59 Å². The highest BCUT2D eigenvalue weighted by Gasteiger charge is 2.63. The largest absolute Gasteiger partial charge is 0.481 e. The molecule has 0 saturated heterocycles. The molecule has 0 spiro atoms. The fourth-order valence-corrected chi connectivity index (χ4v) is 9.47. The highest BCUT2D eigenvalue weighted by Crippen LogP contribution is 2.69. The van der Waals surface area contributed by atoms with E-state index in [0.717, 1.165) is 19.3 Å². The van der Waals surface area contributed by atoms with E-state index in [0.29, 0.717) is 47.3 Å². The molecule has 170 valence electrons. The Kier molecular flexibility index (Phi) is 5.87. The summed E-state index contributed by atoms with van der Waals surface area (Å²) in [4.78, 5) is 23.8. The van der Waals surface area contributed by atoms with Crippen LogP contribution in [0.3, 0.4) is 0 Å². The van der Waals surface area contributed by atoms with E-state index in [1.54, 1.807) is 6.92 Å². The van der Waals surface area contributed by atoms with E-state index < -0.39 is 5.97 Å². The third-order valence-corrected chi connectivity index (χ3v) is 10.8. The predicted octanol–water partition coefficient (Wildman–Crippen LogP) is 5.32. The van der Waals surface area contributed by atoms with E-state index in [1.807, 2.05) is 0 Å². The van der Waals surface area contributed by atoms with Crippen LogP contribution in [0, 0.1) is 52.3 Å². The van der Waals surface area contributed by atoms with Gasteiger partial charge in [-0.25, -0.2) is 0 Å². The highest BCUT2D eigenvalue weighted by atomic mass is 16.4. The Bertz CT molecular complexity index is 689. The summed E-state index contributed by atoms with van der Waals surface area (Å²) in [6.45, 7) is 8.93. The number of rotatable bonds is 5. The van der Waals surface area contributed by atoms with Crippen LogP contribution in [0.1, 0.15) is 91.9 Å². The van der Waals surface area contributed by atoms with Gasteiger partial charge in [-0.1, -0.05) is 20.8 Å². The maximum atomic E-state index is 12.7. The first kappa shape index (κ1) is 22.3. The van der Waals surface area contributed by atoms with Gasteiger partial charge in [-0.2, -0.15) is 0 Å². The number of aliphatic carboxylic acids is 1. The normalized spacial score (nSPS) is 48.9. The molecule has 0 heterocycles. The van der Waals surface area contributed by atoms with Crippen LogP contribution in [0.2, 0.25) is 0 Å². The molecule has 0 aliphatic heterocycles. The van der Waals surface area contributed by atoms with Crippen LogP contribution >= 0.6 is 0 Å². The summed E-state index contributed by atoms with van der Waals surface area (Å²) in [5, 5.41) is 19.6. The molecule has 0 bridgehead atoms. The topological polar surface area (TPSA) is 74.6 Å². The van der Waals surface area contributed by atoms with Crippen molar-refractivity contribution in [3.63, 3.8) is 0 Å². The van der Waals surface area contributed by atoms with Gasteiger partial charge in [-0.05, 0) is 111 Å². The Balaban J connectivity index is 1.58. The van der Waals surface area contributed by atoms with Gasteiger partial charge < -0.3 is 10.2 Å². The second-order valence-electron chi connectivity index (χ2n) is 11.9. The maximum absolute atomic E-state index is 12.7. The Morgan fingerprint density at radius 1 is 1.03 bits per heavy atom. The lowest BCUT2D eigenvalue weighted by molar-refractivity contribution is -0.167. The fourth-order valence-electron chi connectivity index (χ4n) is 9.47. The lowest BCUT2D eigenvalue weighted by Gasteiger charge is -2.63. The number of Topliss-reactive ketones (excluding diaryl/α,β-unsaturated/α-hetero) is 1. The number of hydrogen-bond acceptors (Lipinski definition) is 3. The summed E-state index contributed by atoms with van der Waals surface area (Å²) in [6, 6.07) is 0. The first-order valence-electron chi connectivity index (χ1n) is 12.5. The summed E-state index contributed by atoms with van der Waals surface area (Å²) in [6.07, 6.45) is 9.63. The predicted molar refractivity (Wildman–Crippen MR) is 117 cm³/mol. The number of aliphatic hydroxyl groups excluding tert-OH is 1. The van der Waals surface area contributed by atoms with Gasteiger partial charge in [-0.15, -0.1) is 0 Å². The van der Waals surface area contributed by atoms with Gasteiger partial charge in [0.1, 0.15) is 5.78 Å². The van der Waals surface area contributed by atoms with Crippen LogP contribution in [-0.4, -0.2) is 28.1 Å². The second-order valence-corrected chi connectivity index (χ2v) is 11.9. The summed E-state index contributed by atoms with van der Waals surface area (Å²) in [5.41, 5.74) is 0.366. The van der Waals surface area contributed by atoms with Crippen LogP contribution in [0.4, 0.5) is 0 Å². The summed E-state index contributed by atoms with van der Waals surface area (Å²) < 4.78 is 0. The fraction of sp³-hybridized carbons (Fsp3) is 0.923. The van der Waals surface area contributed by atoms with E-state index in [-0.39, 0.29) is 29.6 Å².